The van der Waals surface area contributed by atoms with Crippen molar-refractivity contribution in [3.05, 3.63) is 29.8 Å². The standard InChI is InChI=1S/C54H85N7O14/c1-14-32(8)44-42(63)28-43(64)75-46(31(6)7)49(67)55-37(25-29(2)3)51(69)61-24-16-18-39(61)53(71)59(12)41(27-35-19-21-36(73-13)22-20-35)54(72)74-34(10)45(48(66)56-44)57-47(65)40(26-30(4)5)58(11)52(70)38-17-15-23-60(38)50(68)33(9)62/h19-22,29-34,37-42,44-46,62-63H,14-18,23-28H2,1-13H3,(H,55,67)(H,56,66)(H,57,65)/t32-,33-,34+,37-,38-,39-,40+,41?,42-,44+,45-,46?/m0/s1. The van der Waals surface area contributed by atoms with Crippen LogP contribution in [-0.2, 0) is 59.0 Å². The predicted molar refractivity (Wildman–Crippen MR) is 276 cm³/mol. The van der Waals surface area contributed by atoms with E-state index in [-0.39, 0.29) is 57.0 Å². The van der Waals surface area contributed by atoms with Crippen molar-refractivity contribution in [1.29, 1.82) is 0 Å². The molecule has 3 saturated heterocycles. The Morgan fingerprint density at radius 2 is 1.52 bits per heavy atom. The molecule has 0 aromatic heterocycles. The number of rotatable bonds is 15. The molecule has 3 aliphatic heterocycles. The molecule has 0 spiro atoms. The quantitative estimate of drug-likeness (QED) is 0.158. The number of aliphatic hydroxyl groups is 2. The Hall–Kier alpha value is -5.83. The summed E-state index contributed by atoms with van der Waals surface area (Å²) >= 11 is 0. The van der Waals surface area contributed by atoms with Crippen molar-refractivity contribution in [2.45, 2.75) is 194 Å². The van der Waals surface area contributed by atoms with Gasteiger partial charge in [-0.3, -0.25) is 38.4 Å². The maximum atomic E-state index is 14.9. The van der Waals surface area contributed by atoms with Crippen LogP contribution in [0.25, 0.3) is 0 Å². The van der Waals surface area contributed by atoms with Crippen LogP contribution in [-0.4, -0.2) is 184 Å². The number of aliphatic hydroxyl groups excluding tert-OH is 2. The number of carbonyl (C=O) groups is 9. The zero-order valence-electron chi connectivity index (χ0n) is 46.3. The van der Waals surface area contributed by atoms with E-state index in [0.29, 0.717) is 30.6 Å². The summed E-state index contributed by atoms with van der Waals surface area (Å²) in [5.74, 6) is -7.61. The molecule has 5 N–H and O–H groups in total. The van der Waals surface area contributed by atoms with Crippen LogP contribution in [0.3, 0.4) is 0 Å². The van der Waals surface area contributed by atoms with Crippen molar-refractivity contribution in [2.75, 3.05) is 34.3 Å². The van der Waals surface area contributed by atoms with Gasteiger partial charge in [0.15, 0.2) is 6.10 Å². The summed E-state index contributed by atoms with van der Waals surface area (Å²) in [5, 5.41) is 30.2. The molecule has 21 nitrogen and oxygen atoms in total. The van der Waals surface area contributed by atoms with Crippen molar-refractivity contribution in [3.63, 3.8) is 0 Å². The molecule has 2 unspecified atom stereocenters. The highest BCUT2D eigenvalue weighted by molar-refractivity contribution is 5.97. The zero-order chi connectivity index (χ0) is 56.2. The third kappa shape index (κ3) is 16.1. The van der Waals surface area contributed by atoms with Gasteiger partial charge in [0, 0.05) is 33.6 Å². The number of ether oxygens (including phenoxy) is 3. The van der Waals surface area contributed by atoms with E-state index in [4.69, 9.17) is 14.2 Å². The van der Waals surface area contributed by atoms with Gasteiger partial charge >= 0.3 is 11.9 Å². The molecule has 4 rings (SSSR count). The highest BCUT2D eigenvalue weighted by atomic mass is 16.6. The smallest absolute Gasteiger partial charge is 0.329 e. The Morgan fingerprint density at radius 3 is 2.09 bits per heavy atom. The lowest BCUT2D eigenvalue weighted by atomic mass is 9.92. The van der Waals surface area contributed by atoms with Crippen LogP contribution in [0.5, 0.6) is 5.75 Å². The Kier molecular flexibility index (Phi) is 22.9. The van der Waals surface area contributed by atoms with Crippen molar-refractivity contribution in [1.82, 2.24) is 35.6 Å². The molecule has 3 heterocycles. The lowest BCUT2D eigenvalue weighted by Gasteiger charge is -2.36. The van der Waals surface area contributed by atoms with Gasteiger partial charge in [-0.1, -0.05) is 73.9 Å². The Morgan fingerprint density at radius 1 is 0.880 bits per heavy atom. The number of cyclic esters (lactones) is 2. The fraction of sp³-hybridized carbons (Fsp3) is 0.722. The second-order valence-corrected chi connectivity index (χ2v) is 21.8. The van der Waals surface area contributed by atoms with E-state index < -0.39 is 138 Å². The molecule has 12 atom stereocenters. The summed E-state index contributed by atoms with van der Waals surface area (Å²) in [5.41, 5.74) is 0.597. The van der Waals surface area contributed by atoms with Crippen LogP contribution >= 0.6 is 0 Å². The lowest BCUT2D eigenvalue weighted by Crippen LogP contribution is -2.62. The topological polar surface area (TPSA) is 271 Å². The van der Waals surface area contributed by atoms with Crippen LogP contribution in [0.4, 0.5) is 0 Å². The van der Waals surface area contributed by atoms with Gasteiger partial charge in [-0.25, -0.2) is 4.79 Å². The number of likely N-dealkylation sites (tertiary alicyclic amines) is 1. The molecular formula is C54H85N7O14. The Bertz CT molecular complexity index is 2170. The van der Waals surface area contributed by atoms with Crippen LogP contribution in [0, 0.1) is 23.7 Å². The van der Waals surface area contributed by atoms with Gasteiger partial charge < -0.3 is 60.0 Å². The normalized spacial score (nSPS) is 27.2. The van der Waals surface area contributed by atoms with Crippen molar-refractivity contribution in [3.8, 4) is 5.75 Å². The number of benzene rings is 1. The Balaban J connectivity index is 1.87. The van der Waals surface area contributed by atoms with Gasteiger partial charge in [-0.05, 0) is 93.7 Å². The molecule has 21 heteroatoms. The van der Waals surface area contributed by atoms with E-state index in [1.165, 1.54) is 54.7 Å². The van der Waals surface area contributed by atoms with Crippen molar-refractivity contribution < 1.29 is 67.6 Å². The summed E-state index contributed by atoms with van der Waals surface area (Å²) in [7, 11) is 4.34. The maximum Gasteiger partial charge on any atom is 0.329 e. The van der Waals surface area contributed by atoms with Gasteiger partial charge in [0.2, 0.25) is 29.5 Å². The van der Waals surface area contributed by atoms with E-state index in [1.807, 2.05) is 27.7 Å². The number of methoxy groups -OCH3 is 1. The van der Waals surface area contributed by atoms with Gasteiger partial charge in [0.1, 0.15) is 54.2 Å². The first-order chi connectivity index (χ1) is 35.2. The van der Waals surface area contributed by atoms with E-state index in [1.54, 1.807) is 52.0 Å². The van der Waals surface area contributed by atoms with Crippen molar-refractivity contribution in [2.24, 2.45) is 23.7 Å². The molecule has 0 saturated carbocycles. The van der Waals surface area contributed by atoms with Crippen LogP contribution < -0.4 is 20.7 Å². The van der Waals surface area contributed by atoms with Crippen LogP contribution in [0.15, 0.2) is 24.3 Å². The first-order valence-corrected chi connectivity index (χ1v) is 26.7. The van der Waals surface area contributed by atoms with Gasteiger partial charge in [-0.15, -0.1) is 0 Å². The average Bonchev–Trinajstić information content (AvgIpc) is 4.06. The average molecular weight is 1060 g/mol. The van der Waals surface area contributed by atoms with Crippen molar-refractivity contribution >= 4 is 53.3 Å². The highest BCUT2D eigenvalue weighted by Crippen LogP contribution is 2.27. The molecular weight excluding hydrogens is 971 g/mol. The number of hydrogen-bond donors (Lipinski definition) is 5. The monoisotopic (exact) mass is 1060 g/mol. The molecule has 1 aromatic carbocycles. The first kappa shape index (κ1) is 61.7. The molecule has 1 aromatic rings. The van der Waals surface area contributed by atoms with Crippen LogP contribution in [0.2, 0.25) is 0 Å². The summed E-state index contributed by atoms with van der Waals surface area (Å²) in [4.78, 5) is 134. The first-order valence-electron chi connectivity index (χ1n) is 26.7. The number of carbonyl (C=O) groups excluding carboxylic acids is 9. The third-order valence-corrected chi connectivity index (χ3v) is 14.6. The molecule has 3 fully saturated rings. The minimum absolute atomic E-state index is 0.0924. The SMILES string of the molecule is CC[C@H](C)[C@H]1NC(=O)[C@@H](NC(=O)[C@@H](CC(C)C)N(C)C(=O)[C@@H]2CCCN2C(=O)[C@H](C)O)[C@@H](C)OC(=O)C(Cc2ccc(OC)cc2)N(C)C(=O)[C@@H]2CCCN2C(=O)[C@H](CC(C)C)NC(=O)C(C(C)C)OC(=O)C[C@@H]1O. The van der Waals surface area contributed by atoms with E-state index in [2.05, 4.69) is 16.0 Å². The molecule has 0 radical (unpaired) electrons. The fourth-order valence-electron chi connectivity index (χ4n) is 10.1. The minimum atomic E-state index is -1.73. The number of fused-ring (bicyclic) bond motifs is 1. The second kappa shape index (κ2) is 27.8. The largest absolute Gasteiger partial charge is 0.497 e. The zero-order valence-corrected chi connectivity index (χ0v) is 46.3. The second-order valence-electron chi connectivity index (χ2n) is 21.8. The minimum Gasteiger partial charge on any atom is -0.497 e. The summed E-state index contributed by atoms with van der Waals surface area (Å²) in [6, 6.07) is -1.85. The molecule has 3 aliphatic rings. The molecule has 0 bridgehead atoms. The maximum absolute atomic E-state index is 14.9. The van der Waals surface area contributed by atoms with Gasteiger partial charge in [-0.2, -0.15) is 0 Å². The number of hydrogen-bond acceptors (Lipinski definition) is 14. The summed E-state index contributed by atoms with van der Waals surface area (Å²) < 4.78 is 17.2. The number of amides is 7. The molecule has 0 aliphatic carbocycles. The summed E-state index contributed by atoms with van der Waals surface area (Å²) in [6.07, 6.45) is -4.56. The lowest BCUT2D eigenvalue weighted by molar-refractivity contribution is -0.162. The highest BCUT2D eigenvalue weighted by Gasteiger charge is 2.45. The Labute approximate surface area is 442 Å². The van der Waals surface area contributed by atoms with E-state index in [0.717, 1.165) is 0 Å². The fourth-order valence-corrected chi connectivity index (χ4v) is 10.1. The van der Waals surface area contributed by atoms with E-state index in [9.17, 15) is 53.4 Å². The number of nitrogens with zero attached hydrogens (tertiary/aromatic N) is 4. The molecule has 7 amide bonds. The summed E-state index contributed by atoms with van der Waals surface area (Å²) in [6.45, 7) is 17.3. The number of likely N-dealkylation sites (N-methyl/N-ethyl adjacent to an activating group) is 2. The molecule has 420 valence electrons. The molecule has 75 heavy (non-hydrogen) atoms. The van der Waals surface area contributed by atoms with Gasteiger partial charge in [0.25, 0.3) is 11.8 Å². The van der Waals surface area contributed by atoms with E-state index >= 15 is 0 Å². The predicted octanol–water partition coefficient (Wildman–Crippen LogP) is 2.11. The third-order valence-electron chi connectivity index (χ3n) is 14.6. The number of esters is 2. The number of nitrogens with one attached hydrogen (secondary N) is 3. The van der Waals surface area contributed by atoms with Gasteiger partial charge in [0.05, 0.1) is 25.7 Å². The van der Waals surface area contributed by atoms with Crippen LogP contribution in [0.1, 0.15) is 126 Å².